The van der Waals surface area contributed by atoms with Gasteiger partial charge < -0.3 is 10.2 Å². The van der Waals surface area contributed by atoms with Crippen LogP contribution in [0, 0.1) is 0 Å². The molecule has 2 heterocycles. The van der Waals surface area contributed by atoms with Crippen LogP contribution < -0.4 is 5.32 Å². The Morgan fingerprint density at radius 3 is 2.59 bits per heavy atom. The molecule has 22 heavy (non-hydrogen) atoms. The van der Waals surface area contributed by atoms with Crippen LogP contribution in [0.2, 0.25) is 0 Å². The number of hydrogen-bond donors (Lipinski definition) is 1. The molecule has 2 saturated heterocycles. The number of hydrogen-bond acceptors (Lipinski definition) is 4. The quantitative estimate of drug-likeness (QED) is 0.811. The van der Waals surface area contributed by atoms with Gasteiger partial charge in [0, 0.05) is 18.8 Å². The number of rotatable bonds is 5. The molecule has 0 unspecified atom stereocenters. The fourth-order valence-electron chi connectivity index (χ4n) is 2.55. The molecular formula is C15H17N3O3S. The fourth-order valence-corrected chi connectivity index (χ4v) is 3.44. The predicted molar refractivity (Wildman–Crippen MR) is 83.2 cm³/mol. The number of likely N-dealkylation sites (tertiary alicyclic amines) is 1. The van der Waals surface area contributed by atoms with Gasteiger partial charge in [0.1, 0.15) is 0 Å². The lowest BCUT2D eigenvalue weighted by atomic mass is 10.1. The van der Waals surface area contributed by atoms with Crippen molar-refractivity contribution in [3.63, 3.8) is 0 Å². The highest BCUT2D eigenvalue weighted by molar-refractivity contribution is 7.99. The van der Waals surface area contributed by atoms with Crippen LogP contribution >= 0.6 is 11.8 Å². The Balaban J connectivity index is 1.40. The van der Waals surface area contributed by atoms with E-state index < -0.39 is 0 Å². The minimum Gasteiger partial charge on any atom is -0.338 e. The maximum Gasteiger partial charge on any atom is 0.324 e. The summed E-state index contributed by atoms with van der Waals surface area (Å²) in [4.78, 5) is 38.0. The first-order valence-electron chi connectivity index (χ1n) is 7.14. The van der Waals surface area contributed by atoms with E-state index in [1.165, 1.54) is 10.5 Å². The molecule has 0 radical (unpaired) electrons. The molecule has 0 aromatic heterocycles. The van der Waals surface area contributed by atoms with Crippen molar-refractivity contribution in [1.82, 2.24) is 15.1 Å². The molecule has 0 aliphatic carbocycles. The highest BCUT2D eigenvalue weighted by atomic mass is 32.2. The van der Waals surface area contributed by atoms with Gasteiger partial charge in [-0.25, -0.2) is 4.79 Å². The molecule has 0 spiro atoms. The molecule has 0 atom stereocenters. The zero-order chi connectivity index (χ0) is 15.5. The Hall–Kier alpha value is -2.02. The Labute approximate surface area is 132 Å². The minimum absolute atomic E-state index is 0.0595. The highest BCUT2D eigenvalue weighted by Crippen LogP contribution is 2.20. The summed E-state index contributed by atoms with van der Waals surface area (Å²) in [5.41, 5.74) is 1.20. The van der Waals surface area contributed by atoms with E-state index in [-0.39, 0.29) is 30.4 Å². The monoisotopic (exact) mass is 319 g/mol. The number of carbonyl (C=O) groups is 3. The van der Waals surface area contributed by atoms with Crippen molar-refractivity contribution in [2.75, 3.05) is 25.4 Å². The van der Waals surface area contributed by atoms with E-state index in [1.54, 1.807) is 16.7 Å². The molecule has 0 bridgehead atoms. The van der Waals surface area contributed by atoms with Crippen LogP contribution in [0.4, 0.5) is 4.79 Å². The number of benzene rings is 1. The molecule has 2 aliphatic heterocycles. The number of amides is 4. The fraction of sp³-hybridized carbons (Fsp3) is 0.400. The van der Waals surface area contributed by atoms with Crippen molar-refractivity contribution >= 4 is 29.6 Å². The second kappa shape index (κ2) is 6.39. The number of nitrogens with zero attached hydrogens (tertiary/aromatic N) is 2. The second-order valence-electron chi connectivity index (χ2n) is 5.35. The standard InChI is InChI=1S/C15H17N3O3S/c19-13-6-16-15(21)18(13)12-7-17(8-12)14(20)10-22-9-11-4-2-1-3-5-11/h1-5,12H,6-10H2,(H,16,21). The molecule has 116 valence electrons. The lowest BCUT2D eigenvalue weighted by Gasteiger charge is -2.42. The van der Waals surface area contributed by atoms with Crippen LogP contribution in [-0.2, 0) is 15.3 Å². The van der Waals surface area contributed by atoms with Gasteiger partial charge in [-0.3, -0.25) is 14.5 Å². The molecule has 0 saturated carbocycles. The SMILES string of the molecule is O=C(CSCc1ccccc1)N1CC(N2C(=O)CNC2=O)C1. The van der Waals surface area contributed by atoms with Crippen molar-refractivity contribution in [3.8, 4) is 0 Å². The van der Waals surface area contributed by atoms with E-state index >= 15 is 0 Å². The average molecular weight is 319 g/mol. The lowest BCUT2D eigenvalue weighted by Crippen LogP contribution is -2.62. The van der Waals surface area contributed by atoms with Gasteiger partial charge in [0.25, 0.3) is 0 Å². The summed E-state index contributed by atoms with van der Waals surface area (Å²) in [6, 6.07) is 9.49. The van der Waals surface area contributed by atoms with Crippen LogP contribution in [0.1, 0.15) is 5.56 Å². The molecule has 4 amide bonds. The van der Waals surface area contributed by atoms with Crippen molar-refractivity contribution in [2.24, 2.45) is 0 Å². The summed E-state index contributed by atoms with van der Waals surface area (Å²) in [5, 5.41) is 2.49. The van der Waals surface area contributed by atoms with Crippen molar-refractivity contribution < 1.29 is 14.4 Å². The summed E-state index contributed by atoms with van der Waals surface area (Å²) >= 11 is 1.58. The van der Waals surface area contributed by atoms with Crippen molar-refractivity contribution in [1.29, 1.82) is 0 Å². The summed E-state index contributed by atoms with van der Waals surface area (Å²) in [7, 11) is 0. The third-order valence-corrected chi connectivity index (χ3v) is 4.78. The normalized spacial score (nSPS) is 18.4. The number of nitrogens with one attached hydrogen (secondary N) is 1. The van der Waals surface area contributed by atoms with Crippen LogP contribution in [0.3, 0.4) is 0 Å². The van der Waals surface area contributed by atoms with Gasteiger partial charge in [-0.15, -0.1) is 11.8 Å². The summed E-state index contributed by atoms with van der Waals surface area (Å²) in [5.74, 6) is 1.07. The van der Waals surface area contributed by atoms with Gasteiger partial charge >= 0.3 is 6.03 Å². The maximum atomic E-state index is 12.0. The van der Waals surface area contributed by atoms with Gasteiger partial charge in [-0.05, 0) is 5.56 Å². The first-order valence-corrected chi connectivity index (χ1v) is 8.30. The van der Waals surface area contributed by atoms with E-state index in [2.05, 4.69) is 5.32 Å². The second-order valence-corrected chi connectivity index (χ2v) is 6.34. The van der Waals surface area contributed by atoms with Crippen molar-refractivity contribution in [3.05, 3.63) is 35.9 Å². The summed E-state index contributed by atoms with van der Waals surface area (Å²) < 4.78 is 0. The molecule has 1 aromatic rings. The lowest BCUT2D eigenvalue weighted by molar-refractivity contribution is -0.139. The number of imide groups is 1. The Morgan fingerprint density at radius 1 is 1.23 bits per heavy atom. The van der Waals surface area contributed by atoms with Gasteiger partial charge in [0.2, 0.25) is 11.8 Å². The van der Waals surface area contributed by atoms with Crippen LogP contribution in [-0.4, -0.2) is 59.1 Å². The molecule has 1 N–H and O–H groups in total. The molecule has 2 aliphatic rings. The third-order valence-electron chi connectivity index (χ3n) is 3.80. The predicted octanol–water partition coefficient (Wildman–Crippen LogP) is 0.682. The third kappa shape index (κ3) is 3.09. The summed E-state index contributed by atoms with van der Waals surface area (Å²) in [6.07, 6.45) is 0. The number of thioether (sulfide) groups is 1. The minimum atomic E-state index is -0.347. The Bertz CT molecular complexity index is 571. The van der Waals surface area contributed by atoms with E-state index in [9.17, 15) is 14.4 Å². The van der Waals surface area contributed by atoms with Crippen molar-refractivity contribution in [2.45, 2.75) is 11.8 Å². The average Bonchev–Trinajstić information content (AvgIpc) is 2.79. The van der Waals surface area contributed by atoms with Crippen LogP contribution in [0.25, 0.3) is 0 Å². The van der Waals surface area contributed by atoms with Gasteiger partial charge in [-0.1, -0.05) is 30.3 Å². The molecule has 2 fully saturated rings. The van der Waals surface area contributed by atoms with Gasteiger partial charge in [0.15, 0.2) is 0 Å². The summed E-state index contributed by atoms with van der Waals surface area (Å²) in [6.45, 7) is 0.962. The molecule has 7 heteroatoms. The number of urea groups is 1. The molecular weight excluding hydrogens is 302 g/mol. The Kier molecular flexibility index (Phi) is 4.33. The first kappa shape index (κ1) is 14.9. The van der Waals surface area contributed by atoms with Crippen LogP contribution in [0.5, 0.6) is 0 Å². The zero-order valence-electron chi connectivity index (χ0n) is 12.0. The zero-order valence-corrected chi connectivity index (χ0v) is 12.8. The molecule has 6 nitrogen and oxygen atoms in total. The first-order chi connectivity index (χ1) is 10.6. The molecule has 1 aromatic carbocycles. The number of carbonyl (C=O) groups excluding carboxylic acids is 3. The topological polar surface area (TPSA) is 69.7 Å². The maximum absolute atomic E-state index is 12.0. The van der Waals surface area contributed by atoms with E-state index in [0.29, 0.717) is 18.8 Å². The van der Waals surface area contributed by atoms with E-state index in [1.807, 2.05) is 30.3 Å². The Morgan fingerprint density at radius 2 is 1.95 bits per heavy atom. The van der Waals surface area contributed by atoms with Gasteiger partial charge in [-0.2, -0.15) is 0 Å². The van der Waals surface area contributed by atoms with E-state index in [0.717, 1.165) is 5.75 Å². The van der Waals surface area contributed by atoms with Gasteiger partial charge in [0.05, 0.1) is 18.3 Å². The van der Waals surface area contributed by atoms with Crippen LogP contribution in [0.15, 0.2) is 30.3 Å². The van der Waals surface area contributed by atoms with E-state index in [4.69, 9.17) is 0 Å². The smallest absolute Gasteiger partial charge is 0.324 e. The highest BCUT2D eigenvalue weighted by Gasteiger charge is 2.42. The largest absolute Gasteiger partial charge is 0.338 e. The molecule has 3 rings (SSSR count).